The normalized spacial score (nSPS) is 12.6. The predicted molar refractivity (Wildman–Crippen MR) is 93.9 cm³/mol. The van der Waals surface area contributed by atoms with Gasteiger partial charge >= 0.3 is 0 Å². The zero-order chi connectivity index (χ0) is 15.2. The first-order chi connectivity index (χ1) is 10.9. The van der Waals surface area contributed by atoms with Crippen LogP contribution in [0, 0.1) is 0 Å². The minimum absolute atomic E-state index is 0.252. The van der Waals surface area contributed by atoms with Crippen molar-refractivity contribution < 1.29 is 0 Å². The standard InChI is InChI=1S/C21H21N/c1-2-19-14-16-21(22-19)20(18-11-7-4-8-12-18)15-13-17-9-5-3-6-10-17/h3-16,20,22H,2H2,1H3/b15-13+/t20-/m0/s1. The summed E-state index contributed by atoms with van der Waals surface area (Å²) in [6.07, 6.45) is 5.50. The van der Waals surface area contributed by atoms with E-state index in [1.165, 1.54) is 22.5 Å². The molecule has 0 aliphatic carbocycles. The summed E-state index contributed by atoms with van der Waals surface area (Å²) < 4.78 is 0. The number of aromatic nitrogens is 1. The third-order valence-corrected chi connectivity index (χ3v) is 3.92. The Labute approximate surface area is 132 Å². The predicted octanol–water partition coefficient (Wildman–Crippen LogP) is 5.42. The molecule has 1 atom stereocenters. The number of aryl methyl sites for hydroxylation is 1. The van der Waals surface area contributed by atoms with E-state index in [2.05, 4.69) is 90.8 Å². The van der Waals surface area contributed by atoms with Crippen LogP contribution in [0.15, 0.2) is 78.9 Å². The molecule has 1 aromatic heterocycles. The number of nitrogens with one attached hydrogen (secondary N) is 1. The third-order valence-electron chi connectivity index (χ3n) is 3.92. The molecule has 0 spiro atoms. The summed E-state index contributed by atoms with van der Waals surface area (Å²) >= 11 is 0. The lowest BCUT2D eigenvalue weighted by atomic mass is 9.94. The first kappa shape index (κ1) is 14.4. The third kappa shape index (κ3) is 3.37. The van der Waals surface area contributed by atoms with Crippen LogP contribution in [0.2, 0.25) is 0 Å². The average Bonchev–Trinajstić information content (AvgIpc) is 3.06. The zero-order valence-corrected chi connectivity index (χ0v) is 12.9. The maximum Gasteiger partial charge on any atom is 0.0424 e. The molecule has 1 N–H and O–H groups in total. The second-order valence-corrected chi connectivity index (χ2v) is 5.45. The van der Waals surface area contributed by atoms with Gasteiger partial charge in [0.2, 0.25) is 0 Å². The maximum atomic E-state index is 3.55. The van der Waals surface area contributed by atoms with Gasteiger partial charge in [-0.25, -0.2) is 0 Å². The molecular weight excluding hydrogens is 266 g/mol. The molecule has 1 heteroatoms. The Bertz CT molecular complexity index is 723. The van der Waals surface area contributed by atoms with Crippen molar-refractivity contribution in [1.82, 2.24) is 4.98 Å². The SMILES string of the molecule is CCc1ccc([C@@H](/C=C/c2ccccc2)c2ccccc2)[nH]1. The van der Waals surface area contributed by atoms with E-state index >= 15 is 0 Å². The summed E-state index contributed by atoms with van der Waals surface area (Å²) in [5.41, 5.74) is 5.06. The molecule has 0 aliphatic rings. The average molecular weight is 287 g/mol. The highest BCUT2D eigenvalue weighted by Crippen LogP contribution is 2.26. The molecular formula is C21H21N. The van der Waals surface area contributed by atoms with Crippen molar-refractivity contribution in [1.29, 1.82) is 0 Å². The Morgan fingerprint density at radius 3 is 2.18 bits per heavy atom. The fourth-order valence-corrected chi connectivity index (χ4v) is 2.67. The summed E-state index contributed by atoms with van der Waals surface area (Å²) in [6.45, 7) is 2.17. The van der Waals surface area contributed by atoms with Crippen LogP contribution in [0.5, 0.6) is 0 Å². The van der Waals surface area contributed by atoms with Crippen LogP contribution in [0.25, 0.3) is 6.08 Å². The van der Waals surface area contributed by atoms with Gasteiger partial charge in [-0.1, -0.05) is 79.7 Å². The Balaban J connectivity index is 1.94. The number of H-pyrrole nitrogens is 1. The molecule has 3 rings (SSSR count). The van der Waals surface area contributed by atoms with Crippen molar-refractivity contribution in [3.05, 3.63) is 101 Å². The van der Waals surface area contributed by atoms with Crippen molar-refractivity contribution in [3.63, 3.8) is 0 Å². The molecule has 22 heavy (non-hydrogen) atoms. The molecule has 1 heterocycles. The summed E-state index contributed by atoms with van der Waals surface area (Å²) in [7, 11) is 0. The van der Waals surface area contributed by atoms with Crippen molar-refractivity contribution in [2.24, 2.45) is 0 Å². The Morgan fingerprint density at radius 2 is 1.55 bits per heavy atom. The highest BCUT2D eigenvalue weighted by molar-refractivity contribution is 5.52. The van der Waals surface area contributed by atoms with Gasteiger partial charge in [0, 0.05) is 17.3 Å². The smallest absolute Gasteiger partial charge is 0.0424 e. The van der Waals surface area contributed by atoms with Gasteiger partial charge in [-0.2, -0.15) is 0 Å². The monoisotopic (exact) mass is 287 g/mol. The van der Waals surface area contributed by atoms with Crippen LogP contribution in [0.3, 0.4) is 0 Å². The molecule has 0 radical (unpaired) electrons. The second-order valence-electron chi connectivity index (χ2n) is 5.45. The van der Waals surface area contributed by atoms with E-state index in [0.29, 0.717) is 0 Å². The Hall–Kier alpha value is -2.54. The minimum atomic E-state index is 0.252. The molecule has 0 aliphatic heterocycles. The number of hydrogen-bond donors (Lipinski definition) is 1. The van der Waals surface area contributed by atoms with Crippen LogP contribution in [-0.2, 0) is 6.42 Å². The van der Waals surface area contributed by atoms with Gasteiger partial charge in [-0.3, -0.25) is 0 Å². The fourth-order valence-electron chi connectivity index (χ4n) is 2.67. The molecule has 110 valence electrons. The number of benzene rings is 2. The lowest BCUT2D eigenvalue weighted by molar-refractivity contribution is 0.945. The van der Waals surface area contributed by atoms with E-state index in [4.69, 9.17) is 0 Å². The van der Waals surface area contributed by atoms with E-state index in [1.54, 1.807) is 0 Å². The molecule has 3 aromatic rings. The molecule has 0 fully saturated rings. The van der Waals surface area contributed by atoms with Gasteiger partial charge in [-0.05, 0) is 29.7 Å². The van der Waals surface area contributed by atoms with Crippen LogP contribution < -0.4 is 0 Å². The molecule has 0 saturated heterocycles. The maximum absolute atomic E-state index is 3.55. The topological polar surface area (TPSA) is 15.8 Å². The van der Waals surface area contributed by atoms with Gasteiger partial charge in [0.25, 0.3) is 0 Å². The molecule has 0 amide bonds. The summed E-state index contributed by atoms with van der Waals surface area (Å²) in [5, 5.41) is 0. The first-order valence-electron chi connectivity index (χ1n) is 7.83. The molecule has 0 unspecified atom stereocenters. The summed E-state index contributed by atoms with van der Waals surface area (Å²) in [4.78, 5) is 3.55. The lowest BCUT2D eigenvalue weighted by Gasteiger charge is -2.12. The molecule has 0 saturated carbocycles. The van der Waals surface area contributed by atoms with Gasteiger partial charge < -0.3 is 4.98 Å². The van der Waals surface area contributed by atoms with Crippen LogP contribution in [0.1, 0.15) is 35.4 Å². The van der Waals surface area contributed by atoms with Crippen LogP contribution in [0.4, 0.5) is 0 Å². The van der Waals surface area contributed by atoms with Gasteiger partial charge in [0.1, 0.15) is 0 Å². The van der Waals surface area contributed by atoms with Crippen molar-refractivity contribution >= 4 is 6.08 Å². The largest absolute Gasteiger partial charge is 0.362 e. The van der Waals surface area contributed by atoms with Crippen LogP contribution >= 0.6 is 0 Å². The van der Waals surface area contributed by atoms with E-state index in [0.717, 1.165) is 6.42 Å². The van der Waals surface area contributed by atoms with Gasteiger partial charge in [0.05, 0.1) is 0 Å². The lowest BCUT2D eigenvalue weighted by Crippen LogP contribution is -1.98. The molecule has 1 nitrogen and oxygen atoms in total. The Morgan fingerprint density at radius 1 is 0.864 bits per heavy atom. The second kappa shape index (κ2) is 6.95. The van der Waals surface area contributed by atoms with Crippen molar-refractivity contribution in [3.8, 4) is 0 Å². The highest BCUT2D eigenvalue weighted by atomic mass is 14.7. The number of hydrogen-bond acceptors (Lipinski definition) is 0. The molecule has 0 bridgehead atoms. The number of aromatic amines is 1. The molecule has 2 aromatic carbocycles. The fraction of sp³-hybridized carbons (Fsp3) is 0.143. The summed E-state index contributed by atoms with van der Waals surface area (Å²) in [6, 6.07) is 25.5. The zero-order valence-electron chi connectivity index (χ0n) is 12.9. The van der Waals surface area contributed by atoms with Crippen molar-refractivity contribution in [2.45, 2.75) is 19.3 Å². The first-order valence-corrected chi connectivity index (χ1v) is 7.83. The quantitative estimate of drug-likeness (QED) is 0.644. The van der Waals surface area contributed by atoms with Crippen molar-refractivity contribution in [2.75, 3.05) is 0 Å². The Kier molecular flexibility index (Phi) is 4.55. The highest BCUT2D eigenvalue weighted by Gasteiger charge is 2.12. The van der Waals surface area contributed by atoms with Gasteiger partial charge in [0.15, 0.2) is 0 Å². The number of rotatable bonds is 5. The van der Waals surface area contributed by atoms with Gasteiger partial charge in [-0.15, -0.1) is 0 Å². The summed E-state index contributed by atoms with van der Waals surface area (Å²) in [5.74, 6) is 0.252. The van der Waals surface area contributed by atoms with E-state index in [1.807, 2.05) is 6.07 Å². The van der Waals surface area contributed by atoms with Crippen LogP contribution in [-0.4, -0.2) is 4.98 Å². The van der Waals surface area contributed by atoms with E-state index in [-0.39, 0.29) is 5.92 Å². The van der Waals surface area contributed by atoms with E-state index < -0.39 is 0 Å². The minimum Gasteiger partial charge on any atom is -0.362 e. The van der Waals surface area contributed by atoms with E-state index in [9.17, 15) is 0 Å². The number of allylic oxidation sites excluding steroid dienone is 1.